The van der Waals surface area contributed by atoms with Gasteiger partial charge in [-0.05, 0) is 111 Å². The van der Waals surface area contributed by atoms with Gasteiger partial charge >= 0.3 is 0 Å². The largest absolute Gasteiger partial charge is 0.393 e. The first-order valence-electron chi connectivity index (χ1n) is 15.7. The highest BCUT2D eigenvalue weighted by Gasteiger charge is 2.62. The molecule has 4 aliphatic carbocycles. The Hall–Kier alpha value is -0.690. The van der Waals surface area contributed by atoms with E-state index in [1.54, 1.807) is 0 Å². The molecular weight excluding hydrogens is 462 g/mol. The standard InChI is InChI=1S/C31H55N3O3/c1-21(5-8-28(37)32-13-14-34-17-15-33(4)16-18-34)24-6-7-25-29-26(10-12-31(24,25)3)30(2)11-9-23(35)19-22(30)20-27(29)36/h21-27,29,35-36H,5-20H2,1-4H3,(H,32,37)/t21-,22+,23-,24-,25+,26+,27+,29+,30+,31-/m1/s1. The lowest BCUT2D eigenvalue weighted by Crippen LogP contribution is -2.58. The Labute approximate surface area is 225 Å². The van der Waals surface area contributed by atoms with Crippen LogP contribution in [-0.4, -0.2) is 84.4 Å². The molecule has 6 nitrogen and oxygen atoms in total. The maximum Gasteiger partial charge on any atom is 0.220 e. The second-order valence-corrected chi connectivity index (χ2v) is 14.5. The minimum absolute atomic E-state index is 0.170. The summed E-state index contributed by atoms with van der Waals surface area (Å²) in [6, 6.07) is 0. The number of amides is 1. The first kappa shape index (κ1) is 27.9. The average Bonchev–Trinajstić information content (AvgIpc) is 3.22. The van der Waals surface area contributed by atoms with E-state index < -0.39 is 0 Å². The normalized spacial score (nSPS) is 45.5. The highest BCUT2D eigenvalue weighted by Crippen LogP contribution is 2.68. The Morgan fingerprint density at radius 3 is 2.43 bits per heavy atom. The van der Waals surface area contributed by atoms with Gasteiger partial charge in [-0.3, -0.25) is 9.69 Å². The van der Waals surface area contributed by atoms with Crippen LogP contribution in [0.1, 0.15) is 85.0 Å². The van der Waals surface area contributed by atoms with Crippen LogP contribution in [0.25, 0.3) is 0 Å². The third-order valence-electron chi connectivity index (χ3n) is 12.6. The monoisotopic (exact) mass is 517 g/mol. The molecule has 0 radical (unpaired) electrons. The second-order valence-electron chi connectivity index (χ2n) is 14.5. The Balaban J connectivity index is 1.13. The van der Waals surface area contributed by atoms with Crippen molar-refractivity contribution in [2.45, 2.75) is 97.2 Å². The van der Waals surface area contributed by atoms with Crippen LogP contribution in [0.5, 0.6) is 0 Å². The van der Waals surface area contributed by atoms with Gasteiger partial charge in [0, 0.05) is 45.7 Å². The Kier molecular flexibility index (Phi) is 8.33. The van der Waals surface area contributed by atoms with Crippen LogP contribution in [0.2, 0.25) is 0 Å². The van der Waals surface area contributed by atoms with Gasteiger partial charge in [0.2, 0.25) is 5.91 Å². The third-order valence-corrected chi connectivity index (χ3v) is 12.6. The predicted octanol–water partition coefficient (Wildman–Crippen LogP) is 3.76. The SMILES string of the molecule is C[C@H](CCC(=O)NCCN1CCN(C)CC1)[C@H]1CC[C@H]2[C@@H]3[C@@H](O)C[C@@H]4C[C@H](O)CC[C@]4(C)[C@H]3CC[C@]12C. The molecule has 37 heavy (non-hydrogen) atoms. The number of rotatable bonds is 7. The van der Waals surface area contributed by atoms with Gasteiger partial charge in [0.1, 0.15) is 0 Å². The van der Waals surface area contributed by atoms with Crippen molar-refractivity contribution >= 4 is 5.91 Å². The van der Waals surface area contributed by atoms with Gasteiger partial charge in [-0.25, -0.2) is 0 Å². The third kappa shape index (κ3) is 5.38. The maximum atomic E-state index is 12.7. The molecule has 212 valence electrons. The van der Waals surface area contributed by atoms with Gasteiger partial charge in [-0.1, -0.05) is 20.8 Å². The number of fused-ring (bicyclic) bond motifs is 5. The van der Waals surface area contributed by atoms with E-state index in [1.165, 1.54) is 25.7 Å². The summed E-state index contributed by atoms with van der Waals surface area (Å²) in [5, 5.41) is 25.0. The van der Waals surface area contributed by atoms with Gasteiger partial charge in [0.05, 0.1) is 12.2 Å². The number of aliphatic hydroxyl groups is 2. The zero-order valence-electron chi connectivity index (χ0n) is 24.1. The molecule has 1 saturated heterocycles. The molecule has 6 heteroatoms. The van der Waals surface area contributed by atoms with Crippen LogP contribution in [0, 0.1) is 46.3 Å². The van der Waals surface area contributed by atoms with Gasteiger partial charge in [0.15, 0.2) is 0 Å². The highest BCUT2D eigenvalue weighted by atomic mass is 16.3. The lowest BCUT2D eigenvalue weighted by Gasteiger charge is -2.62. The summed E-state index contributed by atoms with van der Waals surface area (Å²) in [7, 11) is 2.18. The van der Waals surface area contributed by atoms with Crippen LogP contribution in [0.3, 0.4) is 0 Å². The van der Waals surface area contributed by atoms with E-state index in [4.69, 9.17) is 0 Å². The van der Waals surface area contributed by atoms with E-state index in [9.17, 15) is 15.0 Å². The van der Waals surface area contributed by atoms with E-state index >= 15 is 0 Å². The average molecular weight is 518 g/mol. The molecule has 4 saturated carbocycles. The van der Waals surface area contributed by atoms with Crippen molar-refractivity contribution in [3.05, 3.63) is 0 Å². The predicted molar refractivity (Wildman–Crippen MR) is 148 cm³/mol. The summed E-state index contributed by atoms with van der Waals surface area (Å²) in [6.45, 7) is 13.6. The molecule has 10 atom stereocenters. The molecule has 0 unspecified atom stereocenters. The molecule has 0 aromatic heterocycles. The molecule has 5 rings (SSSR count). The zero-order chi connectivity index (χ0) is 26.4. The van der Waals surface area contributed by atoms with E-state index in [0.29, 0.717) is 41.9 Å². The summed E-state index contributed by atoms with van der Waals surface area (Å²) >= 11 is 0. The summed E-state index contributed by atoms with van der Waals surface area (Å²) in [6.07, 6.45) is 10.0. The fraction of sp³-hybridized carbons (Fsp3) is 0.968. The fourth-order valence-electron chi connectivity index (χ4n) is 10.2. The summed E-state index contributed by atoms with van der Waals surface area (Å²) < 4.78 is 0. The van der Waals surface area contributed by atoms with Crippen molar-refractivity contribution in [3.63, 3.8) is 0 Å². The molecule has 1 aliphatic heterocycles. The van der Waals surface area contributed by atoms with Crippen molar-refractivity contribution in [2.75, 3.05) is 46.3 Å². The van der Waals surface area contributed by atoms with Crippen LogP contribution in [-0.2, 0) is 4.79 Å². The molecule has 0 aromatic rings. The molecule has 0 aromatic carbocycles. The number of nitrogens with one attached hydrogen (secondary N) is 1. The number of piperazine rings is 1. The number of hydrogen-bond donors (Lipinski definition) is 3. The van der Waals surface area contributed by atoms with E-state index in [2.05, 4.69) is 42.9 Å². The van der Waals surface area contributed by atoms with Gasteiger partial charge in [0.25, 0.3) is 0 Å². The lowest BCUT2D eigenvalue weighted by molar-refractivity contribution is -0.174. The van der Waals surface area contributed by atoms with Crippen molar-refractivity contribution in [3.8, 4) is 0 Å². The Morgan fingerprint density at radius 2 is 1.68 bits per heavy atom. The van der Waals surface area contributed by atoms with Crippen LogP contribution in [0.4, 0.5) is 0 Å². The summed E-state index contributed by atoms with van der Waals surface area (Å²) in [4.78, 5) is 17.5. The molecule has 5 fully saturated rings. The summed E-state index contributed by atoms with van der Waals surface area (Å²) in [5.74, 6) is 3.52. The number of likely N-dealkylation sites (N-methyl/N-ethyl adjacent to an activating group) is 1. The fourth-order valence-corrected chi connectivity index (χ4v) is 10.2. The molecule has 0 spiro atoms. The van der Waals surface area contributed by atoms with Gasteiger partial charge in [-0.15, -0.1) is 0 Å². The first-order valence-corrected chi connectivity index (χ1v) is 15.7. The summed E-state index contributed by atoms with van der Waals surface area (Å²) in [5.41, 5.74) is 0.577. The Bertz CT molecular complexity index is 801. The topological polar surface area (TPSA) is 76.0 Å². The molecule has 3 N–H and O–H groups in total. The number of nitrogens with zero attached hydrogens (tertiary/aromatic N) is 2. The van der Waals surface area contributed by atoms with Crippen molar-refractivity contribution in [2.24, 2.45) is 46.3 Å². The number of carbonyl (C=O) groups excluding carboxylic acids is 1. The van der Waals surface area contributed by atoms with Crippen molar-refractivity contribution < 1.29 is 15.0 Å². The molecule has 0 bridgehead atoms. The molecule has 1 amide bonds. The minimum Gasteiger partial charge on any atom is -0.393 e. The van der Waals surface area contributed by atoms with Gasteiger partial charge in [-0.2, -0.15) is 0 Å². The minimum atomic E-state index is -0.210. The lowest BCUT2D eigenvalue weighted by atomic mass is 9.43. The van der Waals surface area contributed by atoms with E-state index in [0.717, 1.165) is 71.4 Å². The van der Waals surface area contributed by atoms with Crippen molar-refractivity contribution in [1.82, 2.24) is 15.1 Å². The molecule has 1 heterocycles. The van der Waals surface area contributed by atoms with E-state index in [-0.39, 0.29) is 28.9 Å². The first-order chi connectivity index (χ1) is 17.6. The zero-order valence-corrected chi connectivity index (χ0v) is 24.1. The smallest absolute Gasteiger partial charge is 0.220 e. The maximum absolute atomic E-state index is 12.7. The number of carbonyl (C=O) groups is 1. The van der Waals surface area contributed by atoms with Gasteiger partial charge < -0.3 is 20.4 Å². The van der Waals surface area contributed by atoms with Crippen molar-refractivity contribution in [1.29, 1.82) is 0 Å². The van der Waals surface area contributed by atoms with Crippen LogP contribution in [0.15, 0.2) is 0 Å². The number of aliphatic hydroxyl groups excluding tert-OH is 2. The highest BCUT2D eigenvalue weighted by molar-refractivity contribution is 5.75. The van der Waals surface area contributed by atoms with Crippen LogP contribution >= 0.6 is 0 Å². The number of hydrogen-bond acceptors (Lipinski definition) is 5. The van der Waals surface area contributed by atoms with Crippen LogP contribution < -0.4 is 5.32 Å². The van der Waals surface area contributed by atoms with E-state index in [1.807, 2.05) is 0 Å². The second kappa shape index (κ2) is 11.1. The quantitative estimate of drug-likeness (QED) is 0.480. The molecular formula is C31H55N3O3. The molecule has 5 aliphatic rings. The Morgan fingerprint density at radius 1 is 0.973 bits per heavy atom.